The number of aromatic amines is 1. The summed E-state index contributed by atoms with van der Waals surface area (Å²) in [5, 5.41) is 3.87. The smallest absolute Gasteiger partial charge is 0.238 e. The Balaban J connectivity index is 1.79. The molecule has 0 aromatic carbocycles. The Hall–Kier alpha value is -1.69. The van der Waals surface area contributed by atoms with E-state index in [-0.39, 0.29) is 0 Å². The normalized spacial score (nSPS) is 10.9. The maximum Gasteiger partial charge on any atom is 0.238 e. The van der Waals surface area contributed by atoms with Crippen LogP contribution in [0, 0.1) is 0 Å². The highest BCUT2D eigenvalue weighted by Gasteiger charge is 2.09. The predicted octanol–water partition coefficient (Wildman–Crippen LogP) is 1.52. The van der Waals surface area contributed by atoms with Crippen LogP contribution in [0.1, 0.15) is 31.6 Å². The number of H-pyrrole nitrogens is 1. The lowest BCUT2D eigenvalue weighted by Gasteiger charge is -1.95. The topological polar surface area (TPSA) is 93.6 Å². The summed E-state index contributed by atoms with van der Waals surface area (Å²) in [6.07, 6.45) is 8.67. The van der Waals surface area contributed by atoms with Crippen molar-refractivity contribution in [2.45, 2.75) is 32.1 Å². The standard InChI is InChI=1S/C11H17N5O/c12-6-4-2-1-3-5-9-15-11(16-17-9)10-13-7-8-14-10/h7-8H,1-6,12H2,(H,13,14). The first-order chi connectivity index (χ1) is 8.40. The van der Waals surface area contributed by atoms with Gasteiger partial charge in [0.1, 0.15) is 0 Å². The largest absolute Gasteiger partial charge is 0.342 e. The van der Waals surface area contributed by atoms with Gasteiger partial charge in [-0.15, -0.1) is 0 Å². The summed E-state index contributed by atoms with van der Waals surface area (Å²) in [6, 6.07) is 0. The Morgan fingerprint density at radius 3 is 2.88 bits per heavy atom. The fourth-order valence-electron chi connectivity index (χ4n) is 1.61. The lowest BCUT2D eigenvalue weighted by molar-refractivity contribution is 0.374. The van der Waals surface area contributed by atoms with Gasteiger partial charge in [0.2, 0.25) is 11.7 Å². The lowest BCUT2D eigenvalue weighted by Crippen LogP contribution is -1.97. The molecular weight excluding hydrogens is 218 g/mol. The summed E-state index contributed by atoms with van der Waals surface area (Å²) < 4.78 is 5.15. The molecule has 0 aliphatic rings. The predicted molar refractivity (Wildman–Crippen MR) is 63.1 cm³/mol. The number of nitrogens with zero attached hydrogens (tertiary/aromatic N) is 3. The fraction of sp³-hybridized carbons (Fsp3) is 0.545. The van der Waals surface area contributed by atoms with E-state index >= 15 is 0 Å². The van der Waals surface area contributed by atoms with Crippen LogP contribution in [0.25, 0.3) is 11.6 Å². The zero-order valence-corrected chi connectivity index (χ0v) is 9.72. The molecule has 6 nitrogen and oxygen atoms in total. The van der Waals surface area contributed by atoms with E-state index in [1.165, 1.54) is 0 Å². The van der Waals surface area contributed by atoms with E-state index in [0.29, 0.717) is 17.5 Å². The first-order valence-corrected chi connectivity index (χ1v) is 5.92. The summed E-state index contributed by atoms with van der Waals surface area (Å²) in [6.45, 7) is 0.767. The summed E-state index contributed by atoms with van der Waals surface area (Å²) in [5.74, 6) is 1.83. The number of aryl methyl sites for hydroxylation is 1. The highest BCUT2D eigenvalue weighted by atomic mass is 16.5. The van der Waals surface area contributed by atoms with Crippen LogP contribution in [-0.4, -0.2) is 26.7 Å². The Morgan fingerprint density at radius 1 is 1.24 bits per heavy atom. The van der Waals surface area contributed by atoms with Crippen molar-refractivity contribution >= 4 is 0 Å². The van der Waals surface area contributed by atoms with Crippen molar-refractivity contribution in [2.24, 2.45) is 5.73 Å². The molecule has 2 aromatic heterocycles. The molecule has 92 valence electrons. The van der Waals surface area contributed by atoms with E-state index in [2.05, 4.69) is 20.1 Å². The van der Waals surface area contributed by atoms with Crippen LogP contribution in [0.15, 0.2) is 16.9 Å². The maximum atomic E-state index is 5.43. The first-order valence-electron chi connectivity index (χ1n) is 5.92. The zero-order chi connectivity index (χ0) is 11.9. The molecular formula is C11H17N5O. The van der Waals surface area contributed by atoms with Crippen LogP contribution < -0.4 is 5.73 Å². The summed E-state index contributed by atoms with van der Waals surface area (Å²) in [4.78, 5) is 11.3. The maximum absolute atomic E-state index is 5.43. The minimum Gasteiger partial charge on any atom is -0.342 e. The van der Waals surface area contributed by atoms with Crippen molar-refractivity contribution in [3.05, 3.63) is 18.3 Å². The number of hydrogen-bond donors (Lipinski definition) is 2. The molecule has 0 atom stereocenters. The number of nitrogens with two attached hydrogens (primary N) is 1. The van der Waals surface area contributed by atoms with Gasteiger partial charge in [-0.2, -0.15) is 4.98 Å². The number of hydrogen-bond acceptors (Lipinski definition) is 5. The Labute approximate surface area is 99.6 Å². The van der Waals surface area contributed by atoms with E-state index < -0.39 is 0 Å². The highest BCUT2D eigenvalue weighted by Crippen LogP contribution is 2.11. The number of nitrogens with one attached hydrogen (secondary N) is 1. The molecule has 0 bridgehead atoms. The lowest BCUT2D eigenvalue weighted by atomic mass is 10.1. The van der Waals surface area contributed by atoms with Gasteiger partial charge in [-0.1, -0.05) is 18.0 Å². The number of imidazole rings is 1. The second-order valence-electron chi connectivity index (χ2n) is 3.90. The first kappa shape index (κ1) is 11.8. The summed E-state index contributed by atoms with van der Waals surface area (Å²) in [7, 11) is 0. The summed E-state index contributed by atoms with van der Waals surface area (Å²) in [5.41, 5.74) is 5.43. The van der Waals surface area contributed by atoms with Crippen molar-refractivity contribution in [3.63, 3.8) is 0 Å². The monoisotopic (exact) mass is 235 g/mol. The van der Waals surface area contributed by atoms with Gasteiger partial charge in [0.05, 0.1) is 0 Å². The van der Waals surface area contributed by atoms with Crippen LogP contribution in [0.2, 0.25) is 0 Å². The van der Waals surface area contributed by atoms with E-state index in [9.17, 15) is 0 Å². The third kappa shape index (κ3) is 3.39. The molecule has 2 aromatic rings. The number of rotatable bonds is 7. The Bertz CT molecular complexity index is 423. The molecule has 3 N–H and O–H groups in total. The molecule has 17 heavy (non-hydrogen) atoms. The average molecular weight is 235 g/mol. The van der Waals surface area contributed by atoms with Crippen molar-refractivity contribution in [1.29, 1.82) is 0 Å². The van der Waals surface area contributed by atoms with E-state index in [1.807, 2.05) is 0 Å². The van der Waals surface area contributed by atoms with Gasteiger partial charge in [0.15, 0.2) is 5.82 Å². The van der Waals surface area contributed by atoms with Crippen LogP contribution in [-0.2, 0) is 6.42 Å². The van der Waals surface area contributed by atoms with E-state index in [0.717, 1.165) is 38.6 Å². The van der Waals surface area contributed by atoms with Crippen molar-refractivity contribution in [2.75, 3.05) is 6.54 Å². The van der Waals surface area contributed by atoms with Gasteiger partial charge in [-0.3, -0.25) is 0 Å². The Kier molecular flexibility index (Phi) is 4.26. The van der Waals surface area contributed by atoms with Crippen LogP contribution in [0.3, 0.4) is 0 Å². The average Bonchev–Trinajstić information content (AvgIpc) is 2.99. The van der Waals surface area contributed by atoms with Crippen molar-refractivity contribution in [3.8, 4) is 11.6 Å². The van der Waals surface area contributed by atoms with Gasteiger partial charge in [-0.05, 0) is 19.4 Å². The van der Waals surface area contributed by atoms with E-state index in [4.69, 9.17) is 10.3 Å². The van der Waals surface area contributed by atoms with Gasteiger partial charge in [0.25, 0.3) is 0 Å². The number of unbranched alkanes of at least 4 members (excludes halogenated alkanes) is 3. The van der Waals surface area contributed by atoms with Gasteiger partial charge < -0.3 is 15.2 Å². The van der Waals surface area contributed by atoms with Gasteiger partial charge >= 0.3 is 0 Å². The molecule has 0 unspecified atom stereocenters. The second-order valence-corrected chi connectivity index (χ2v) is 3.90. The third-order valence-corrected chi connectivity index (χ3v) is 2.52. The molecule has 0 radical (unpaired) electrons. The third-order valence-electron chi connectivity index (χ3n) is 2.52. The minimum atomic E-state index is 0.520. The Morgan fingerprint density at radius 2 is 2.12 bits per heavy atom. The molecule has 2 heterocycles. The molecule has 2 rings (SSSR count). The quantitative estimate of drug-likeness (QED) is 0.709. The second kappa shape index (κ2) is 6.15. The highest BCUT2D eigenvalue weighted by molar-refractivity contribution is 5.40. The van der Waals surface area contributed by atoms with Crippen LogP contribution >= 0.6 is 0 Å². The molecule has 0 aliphatic carbocycles. The number of aromatic nitrogens is 4. The van der Waals surface area contributed by atoms with Crippen LogP contribution in [0.4, 0.5) is 0 Å². The van der Waals surface area contributed by atoms with Crippen LogP contribution in [0.5, 0.6) is 0 Å². The SMILES string of the molecule is NCCCCCCc1nc(-c2ncc[nH]2)no1. The minimum absolute atomic E-state index is 0.520. The molecule has 0 fully saturated rings. The molecule has 6 heteroatoms. The molecule has 0 saturated carbocycles. The van der Waals surface area contributed by atoms with Gasteiger partial charge in [0, 0.05) is 18.8 Å². The zero-order valence-electron chi connectivity index (χ0n) is 9.72. The molecule has 0 amide bonds. The van der Waals surface area contributed by atoms with E-state index in [1.54, 1.807) is 12.4 Å². The van der Waals surface area contributed by atoms with Gasteiger partial charge in [-0.25, -0.2) is 4.98 Å². The van der Waals surface area contributed by atoms with Crippen molar-refractivity contribution < 1.29 is 4.52 Å². The molecule has 0 aliphatic heterocycles. The molecule has 0 spiro atoms. The molecule has 0 saturated heterocycles. The fourth-order valence-corrected chi connectivity index (χ4v) is 1.61. The van der Waals surface area contributed by atoms with Crippen molar-refractivity contribution in [1.82, 2.24) is 20.1 Å². The summed E-state index contributed by atoms with van der Waals surface area (Å²) >= 11 is 0.